The predicted molar refractivity (Wildman–Crippen MR) is 77.9 cm³/mol. The number of rotatable bonds is 6. The number of aliphatic hydroxyl groups excluding tert-OH is 1. The first-order valence-corrected chi connectivity index (χ1v) is 7.33. The summed E-state index contributed by atoms with van der Waals surface area (Å²) in [7, 11) is 0. The van der Waals surface area contributed by atoms with Gasteiger partial charge in [0.15, 0.2) is 0 Å². The molecular formula is C15H22ClNO2. The first-order chi connectivity index (χ1) is 9.15. The average molecular weight is 284 g/mol. The largest absolute Gasteiger partial charge is 0.491 e. The van der Waals surface area contributed by atoms with Crippen LogP contribution in [0.2, 0.25) is 5.02 Å². The quantitative estimate of drug-likeness (QED) is 0.843. The Morgan fingerprint density at radius 3 is 2.84 bits per heavy atom. The van der Waals surface area contributed by atoms with E-state index in [1.54, 1.807) is 0 Å². The minimum atomic E-state index is -0.475. The third kappa shape index (κ3) is 4.68. The first kappa shape index (κ1) is 14.6. The molecule has 1 aliphatic rings. The van der Waals surface area contributed by atoms with E-state index in [4.69, 9.17) is 16.3 Å². The SMILES string of the molecule is Cc1cc(OC[C@H](O)CNC2CCCC2)ccc1Cl. The Hall–Kier alpha value is -0.770. The molecule has 2 rings (SSSR count). The van der Waals surface area contributed by atoms with Crippen LogP contribution in [0.1, 0.15) is 31.2 Å². The average Bonchev–Trinajstić information content (AvgIpc) is 2.91. The van der Waals surface area contributed by atoms with Gasteiger partial charge in [0.1, 0.15) is 18.5 Å². The number of nitrogens with one attached hydrogen (secondary N) is 1. The second-order valence-electron chi connectivity index (χ2n) is 5.27. The number of hydrogen-bond acceptors (Lipinski definition) is 3. The fourth-order valence-corrected chi connectivity index (χ4v) is 2.51. The molecule has 2 N–H and O–H groups in total. The van der Waals surface area contributed by atoms with Crippen molar-refractivity contribution >= 4 is 11.6 Å². The zero-order chi connectivity index (χ0) is 13.7. The standard InChI is InChI=1S/C15H22ClNO2/c1-11-8-14(6-7-15(11)16)19-10-13(18)9-17-12-4-2-3-5-12/h6-8,12-13,17-18H,2-5,9-10H2,1H3/t13-/m1/s1. The number of halogens is 1. The van der Waals surface area contributed by atoms with Crippen LogP contribution in [0.25, 0.3) is 0 Å². The molecule has 106 valence electrons. The number of aliphatic hydroxyl groups is 1. The lowest BCUT2D eigenvalue weighted by Gasteiger charge is -2.17. The van der Waals surface area contributed by atoms with Crippen molar-refractivity contribution in [3.05, 3.63) is 28.8 Å². The van der Waals surface area contributed by atoms with Gasteiger partial charge in [0.05, 0.1) is 0 Å². The molecule has 1 aromatic rings. The van der Waals surface area contributed by atoms with Crippen molar-refractivity contribution in [1.82, 2.24) is 5.32 Å². The second kappa shape index (κ2) is 7.13. The van der Waals surface area contributed by atoms with Gasteiger partial charge in [0.2, 0.25) is 0 Å². The van der Waals surface area contributed by atoms with Gasteiger partial charge in [-0.05, 0) is 43.5 Å². The molecule has 0 aromatic heterocycles. The van der Waals surface area contributed by atoms with Crippen LogP contribution in [0, 0.1) is 6.92 Å². The van der Waals surface area contributed by atoms with Crippen LogP contribution in [-0.4, -0.2) is 30.4 Å². The highest BCUT2D eigenvalue weighted by Gasteiger charge is 2.15. The summed E-state index contributed by atoms with van der Waals surface area (Å²) in [5.74, 6) is 0.752. The van der Waals surface area contributed by atoms with Crippen LogP contribution < -0.4 is 10.1 Å². The number of benzene rings is 1. The van der Waals surface area contributed by atoms with Gasteiger partial charge in [0.25, 0.3) is 0 Å². The number of hydrogen-bond donors (Lipinski definition) is 2. The second-order valence-corrected chi connectivity index (χ2v) is 5.67. The van der Waals surface area contributed by atoms with Gasteiger partial charge in [-0.1, -0.05) is 24.4 Å². The summed E-state index contributed by atoms with van der Waals surface area (Å²) < 4.78 is 5.57. The first-order valence-electron chi connectivity index (χ1n) is 6.95. The van der Waals surface area contributed by atoms with Gasteiger partial charge >= 0.3 is 0 Å². The van der Waals surface area contributed by atoms with Crippen molar-refractivity contribution in [3.63, 3.8) is 0 Å². The van der Waals surface area contributed by atoms with E-state index < -0.39 is 6.10 Å². The summed E-state index contributed by atoms with van der Waals surface area (Å²) in [6.07, 6.45) is 4.58. The van der Waals surface area contributed by atoms with E-state index in [9.17, 15) is 5.11 Å². The van der Waals surface area contributed by atoms with Gasteiger partial charge in [-0.25, -0.2) is 0 Å². The van der Waals surface area contributed by atoms with E-state index in [-0.39, 0.29) is 0 Å². The third-order valence-corrected chi connectivity index (χ3v) is 3.99. The van der Waals surface area contributed by atoms with Crippen LogP contribution in [0.4, 0.5) is 0 Å². The maximum atomic E-state index is 9.88. The Morgan fingerprint density at radius 2 is 2.16 bits per heavy atom. The Balaban J connectivity index is 1.70. The van der Waals surface area contributed by atoms with E-state index in [0.29, 0.717) is 19.2 Å². The summed E-state index contributed by atoms with van der Waals surface area (Å²) in [6, 6.07) is 6.11. The lowest BCUT2D eigenvalue weighted by molar-refractivity contribution is 0.104. The van der Waals surface area contributed by atoms with Gasteiger partial charge in [-0.2, -0.15) is 0 Å². The topological polar surface area (TPSA) is 41.5 Å². The predicted octanol–water partition coefficient (Wildman–Crippen LogP) is 2.92. The Kier molecular flexibility index (Phi) is 5.49. The summed E-state index contributed by atoms with van der Waals surface area (Å²) in [6.45, 7) is 2.84. The van der Waals surface area contributed by atoms with Crippen LogP contribution >= 0.6 is 11.6 Å². The molecule has 4 heteroatoms. The Bertz CT molecular complexity index is 405. The Labute approximate surface area is 119 Å². The number of aryl methyl sites for hydroxylation is 1. The summed E-state index contributed by atoms with van der Waals surface area (Å²) in [4.78, 5) is 0. The van der Waals surface area contributed by atoms with Crippen molar-refractivity contribution in [3.8, 4) is 5.75 Å². The molecule has 1 atom stereocenters. The van der Waals surface area contributed by atoms with Crippen molar-refractivity contribution in [1.29, 1.82) is 0 Å². The summed E-state index contributed by atoms with van der Waals surface area (Å²) >= 11 is 5.95. The van der Waals surface area contributed by atoms with Crippen LogP contribution in [-0.2, 0) is 0 Å². The molecule has 0 saturated heterocycles. The van der Waals surface area contributed by atoms with Crippen molar-refractivity contribution in [2.24, 2.45) is 0 Å². The van der Waals surface area contributed by atoms with E-state index in [1.165, 1.54) is 25.7 Å². The summed E-state index contributed by atoms with van der Waals surface area (Å²) in [5, 5.41) is 14.0. The van der Waals surface area contributed by atoms with Crippen LogP contribution in [0.3, 0.4) is 0 Å². The molecule has 0 unspecified atom stereocenters. The fourth-order valence-electron chi connectivity index (χ4n) is 2.39. The zero-order valence-corrected chi connectivity index (χ0v) is 12.1. The molecule has 0 heterocycles. The summed E-state index contributed by atoms with van der Waals surface area (Å²) in [5.41, 5.74) is 0.984. The minimum Gasteiger partial charge on any atom is -0.491 e. The fraction of sp³-hybridized carbons (Fsp3) is 0.600. The minimum absolute atomic E-state index is 0.306. The lowest BCUT2D eigenvalue weighted by Crippen LogP contribution is -2.36. The molecule has 0 aliphatic heterocycles. The molecule has 1 saturated carbocycles. The van der Waals surface area contributed by atoms with Crippen LogP contribution in [0.5, 0.6) is 5.75 Å². The molecule has 1 aromatic carbocycles. The molecule has 0 radical (unpaired) electrons. The smallest absolute Gasteiger partial charge is 0.119 e. The third-order valence-electron chi connectivity index (χ3n) is 3.57. The van der Waals surface area contributed by atoms with E-state index in [0.717, 1.165) is 16.3 Å². The molecule has 1 aliphatic carbocycles. The van der Waals surface area contributed by atoms with Gasteiger partial charge in [-0.15, -0.1) is 0 Å². The van der Waals surface area contributed by atoms with Gasteiger partial charge in [0, 0.05) is 17.6 Å². The highest BCUT2D eigenvalue weighted by Crippen LogP contribution is 2.21. The maximum Gasteiger partial charge on any atom is 0.119 e. The zero-order valence-electron chi connectivity index (χ0n) is 11.4. The lowest BCUT2D eigenvalue weighted by atomic mass is 10.2. The molecule has 0 spiro atoms. The molecule has 19 heavy (non-hydrogen) atoms. The monoisotopic (exact) mass is 283 g/mol. The molecular weight excluding hydrogens is 262 g/mol. The molecule has 0 bridgehead atoms. The highest BCUT2D eigenvalue weighted by atomic mass is 35.5. The van der Waals surface area contributed by atoms with Crippen molar-refractivity contribution in [2.75, 3.05) is 13.2 Å². The van der Waals surface area contributed by atoms with Crippen LogP contribution in [0.15, 0.2) is 18.2 Å². The van der Waals surface area contributed by atoms with Gasteiger partial charge in [-0.3, -0.25) is 0 Å². The van der Waals surface area contributed by atoms with Gasteiger partial charge < -0.3 is 15.2 Å². The van der Waals surface area contributed by atoms with Crippen molar-refractivity contribution < 1.29 is 9.84 Å². The van der Waals surface area contributed by atoms with E-state index in [2.05, 4.69) is 5.32 Å². The molecule has 3 nitrogen and oxygen atoms in total. The highest BCUT2D eigenvalue weighted by molar-refractivity contribution is 6.31. The molecule has 0 amide bonds. The van der Waals surface area contributed by atoms with E-state index >= 15 is 0 Å². The van der Waals surface area contributed by atoms with E-state index in [1.807, 2.05) is 25.1 Å². The normalized spacial score (nSPS) is 17.6. The Morgan fingerprint density at radius 1 is 1.42 bits per heavy atom. The maximum absolute atomic E-state index is 9.88. The van der Waals surface area contributed by atoms with Crippen molar-refractivity contribution in [2.45, 2.75) is 44.8 Å². The number of ether oxygens (including phenoxy) is 1. The molecule has 1 fully saturated rings.